The van der Waals surface area contributed by atoms with E-state index in [0.717, 1.165) is 18.9 Å². The molecule has 1 saturated heterocycles. The fourth-order valence-corrected chi connectivity index (χ4v) is 2.06. The van der Waals surface area contributed by atoms with Gasteiger partial charge in [0, 0.05) is 25.2 Å². The minimum Gasteiger partial charge on any atom is -0.433 e. The van der Waals surface area contributed by atoms with Crippen LogP contribution in [0.5, 0.6) is 5.75 Å². The predicted molar refractivity (Wildman–Crippen MR) is 65.1 cm³/mol. The van der Waals surface area contributed by atoms with Crippen LogP contribution in [0.15, 0.2) is 18.3 Å². The van der Waals surface area contributed by atoms with Crippen molar-refractivity contribution in [3.8, 4) is 5.75 Å². The molecule has 1 aliphatic rings. The van der Waals surface area contributed by atoms with E-state index in [4.69, 9.17) is 0 Å². The Hall–Kier alpha value is -1.43. The highest BCUT2D eigenvalue weighted by Crippen LogP contribution is 2.20. The van der Waals surface area contributed by atoms with E-state index in [1.807, 2.05) is 0 Å². The lowest BCUT2D eigenvalue weighted by molar-refractivity contribution is -0.0500. The van der Waals surface area contributed by atoms with E-state index in [0.29, 0.717) is 12.1 Å². The highest BCUT2D eigenvalue weighted by atomic mass is 19.3. The van der Waals surface area contributed by atoms with Gasteiger partial charge in [0.05, 0.1) is 6.20 Å². The summed E-state index contributed by atoms with van der Waals surface area (Å²) in [6, 6.07) is 3.95. The molecule has 1 aromatic heterocycles. The number of nitrogens with one attached hydrogen (secondary N) is 1. The second kappa shape index (κ2) is 5.48. The smallest absolute Gasteiger partial charge is 0.387 e. The van der Waals surface area contributed by atoms with Crippen molar-refractivity contribution in [2.45, 2.75) is 32.5 Å². The standard InChI is InChI=1S/C12H17F2N3O/c1-8-7-17(9(2)5-15-8)11-4-3-10(6-16-11)18-12(13)14/h3-4,6,8-9,12,15H,5,7H2,1-2H3. The van der Waals surface area contributed by atoms with Crippen LogP contribution in [0.2, 0.25) is 0 Å². The van der Waals surface area contributed by atoms with Gasteiger partial charge in [0.25, 0.3) is 0 Å². The molecule has 2 unspecified atom stereocenters. The van der Waals surface area contributed by atoms with Gasteiger partial charge in [-0.3, -0.25) is 0 Å². The predicted octanol–water partition coefficient (Wildman–Crippen LogP) is 1.87. The average Bonchev–Trinajstić information content (AvgIpc) is 2.33. The fraction of sp³-hybridized carbons (Fsp3) is 0.583. The maximum Gasteiger partial charge on any atom is 0.387 e. The van der Waals surface area contributed by atoms with Crippen molar-refractivity contribution in [2.24, 2.45) is 0 Å². The van der Waals surface area contributed by atoms with Crippen molar-refractivity contribution in [2.75, 3.05) is 18.0 Å². The molecular weight excluding hydrogens is 240 g/mol. The lowest BCUT2D eigenvalue weighted by atomic mass is 10.1. The van der Waals surface area contributed by atoms with E-state index in [9.17, 15) is 8.78 Å². The zero-order chi connectivity index (χ0) is 13.1. The summed E-state index contributed by atoms with van der Waals surface area (Å²) >= 11 is 0. The summed E-state index contributed by atoms with van der Waals surface area (Å²) in [5, 5.41) is 3.38. The number of hydrogen-bond donors (Lipinski definition) is 1. The van der Waals surface area contributed by atoms with E-state index in [1.165, 1.54) is 12.3 Å². The van der Waals surface area contributed by atoms with Gasteiger partial charge >= 0.3 is 6.61 Å². The molecule has 0 amide bonds. The molecule has 1 fully saturated rings. The topological polar surface area (TPSA) is 37.4 Å². The summed E-state index contributed by atoms with van der Waals surface area (Å²) in [6.07, 6.45) is 1.33. The lowest BCUT2D eigenvalue weighted by Gasteiger charge is -2.38. The first kappa shape index (κ1) is 13.0. The van der Waals surface area contributed by atoms with Crippen LogP contribution in [-0.4, -0.2) is 36.8 Å². The van der Waals surface area contributed by atoms with Gasteiger partial charge in [0.1, 0.15) is 11.6 Å². The van der Waals surface area contributed by atoms with Crippen LogP contribution in [0.1, 0.15) is 13.8 Å². The zero-order valence-corrected chi connectivity index (χ0v) is 10.4. The molecule has 100 valence electrons. The van der Waals surface area contributed by atoms with Crippen LogP contribution in [0, 0.1) is 0 Å². The molecule has 1 aliphatic heterocycles. The van der Waals surface area contributed by atoms with Gasteiger partial charge in [0.2, 0.25) is 0 Å². The molecule has 6 heteroatoms. The Morgan fingerprint density at radius 3 is 2.83 bits per heavy atom. The van der Waals surface area contributed by atoms with Gasteiger partial charge in [-0.2, -0.15) is 8.78 Å². The summed E-state index contributed by atoms with van der Waals surface area (Å²) in [4.78, 5) is 6.34. The molecule has 4 nitrogen and oxygen atoms in total. The Kier molecular flexibility index (Phi) is 3.96. The van der Waals surface area contributed by atoms with Crippen LogP contribution in [-0.2, 0) is 0 Å². The number of anilines is 1. The monoisotopic (exact) mass is 257 g/mol. The molecule has 2 atom stereocenters. The van der Waals surface area contributed by atoms with Gasteiger partial charge in [0.15, 0.2) is 0 Å². The van der Waals surface area contributed by atoms with Crippen molar-refractivity contribution < 1.29 is 13.5 Å². The summed E-state index contributed by atoms with van der Waals surface area (Å²) < 4.78 is 28.3. The molecule has 0 aliphatic carbocycles. The minimum atomic E-state index is -2.81. The summed E-state index contributed by atoms with van der Waals surface area (Å²) in [6.45, 7) is 3.13. The lowest BCUT2D eigenvalue weighted by Crippen LogP contribution is -2.54. The van der Waals surface area contributed by atoms with E-state index in [1.54, 1.807) is 6.07 Å². The normalized spacial score (nSPS) is 24.4. The quantitative estimate of drug-likeness (QED) is 0.897. The van der Waals surface area contributed by atoms with Crippen molar-refractivity contribution >= 4 is 5.82 Å². The number of piperazine rings is 1. The Bertz CT molecular complexity index is 385. The third-order valence-corrected chi connectivity index (χ3v) is 3.00. The molecule has 2 heterocycles. The number of nitrogens with zero attached hydrogens (tertiary/aromatic N) is 2. The van der Waals surface area contributed by atoms with Crippen molar-refractivity contribution in [3.05, 3.63) is 18.3 Å². The number of pyridine rings is 1. The molecule has 1 aromatic rings. The third kappa shape index (κ3) is 3.07. The summed E-state index contributed by atoms with van der Waals surface area (Å²) in [5.74, 6) is 0.877. The van der Waals surface area contributed by atoms with Crippen LogP contribution in [0.4, 0.5) is 14.6 Å². The number of ether oxygens (including phenoxy) is 1. The number of aromatic nitrogens is 1. The SMILES string of the molecule is CC1CN(c2ccc(OC(F)F)cn2)C(C)CN1. The average molecular weight is 257 g/mol. The first-order valence-electron chi connectivity index (χ1n) is 5.97. The Morgan fingerprint density at radius 2 is 2.22 bits per heavy atom. The summed E-state index contributed by atoms with van der Waals surface area (Å²) in [7, 11) is 0. The highest BCUT2D eigenvalue weighted by Gasteiger charge is 2.23. The fourth-order valence-electron chi connectivity index (χ4n) is 2.06. The summed E-state index contributed by atoms with van der Waals surface area (Å²) in [5.41, 5.74) is 0. The van der Waals surface area contributed by atoms with Crippen molar-refractivity contribution in [1.82, 2.24) is 10.3 Å². The molecule has 0 radical (unpaired) electrons. The largest absolute Gasteiger partial charge is 0.433 e. The first-order chi connectivity index (χ1) is 8.56. The Labute approximate surface area is 105 Å². The van der Waals surface area contributed by atoms with Gasteiger partial charge in [-0.15, -0.1) is 0 Å². The van der Waals surface area contributed by atoms with Gasteiger partial charge in [-0.1, -0.05) is 0 Å². The second-order valence-corrected chi connectivity index (χ2v) is 4.54. The van der Waals surface area contributed by atoms with Crippen molar-refractivity contribution in [3.63, 3.8) is 0 Å². The Morgan fingerprint density at radius 1 is 1.44 bits per heavy atom. The molecule has 18 heavy (non-hydrogen) atoms. The molecule has 0 bridgehead atoms. The maximum atomic E-state index is 12.0. The molecule has 1 N–H and O–H groups in total. The number of hydrogen-bond acceptors (Lipinski definition) is 4. The number of halogens is 2. The molecular formula is C12H17F2N3O. The van der Waals surface area contributed by atoms with Crippen LogP contribution >= 0.6 is 0 Å². The minimum absolute atomic E-state index is 0.0876. The van der Waals surface area contributed by atoms with Crippen LogP contribution in [0.3, 0.4) is 0 Å². The van der Waals surface area contributed by atoms with Gasteiger partial charge in [-0.05, 0) is 26.0 Å². The zero-order valence-electron chi connectivity index (χ0n) is 10.4. The van der Waals surface area contributed by atoms with E-state index in [2.05, 4.69) is 33.8 Å². The van der Waals surface area contributed by atoms with Crippen LogP contribution in [0.25, 0.3) is 0 Å². The third-order valence-electron chi connectivity index (χ3n) is 3.00. The van der Waals surface area contributed by atoms with Gasteiger partial charge < -0.3 is 15.0 Å². The second-order valence-electron chi connectivity index (χ2n) is 4.54. The maximum absolute atomic E-state index is 12.0. The Balaban J connectivity index is 2.08. The molecule has 0 saturated carbocycles. The number of alkyl halides is 2. The number of rotatable bonds is 3. The highest BCUT2D eigenvalue weighted by molar-refractivity contribution is 5.42. The van der Waals surface area contributed by atoms with Gasteiger partial charge in [-0.25, -0.2) is 4.98 Å². The molecule has 2 rings (SSSR count). The van der Waals surface area contributed by atoms with Crippen molar-refractivity contribution in [1.29, 1.82) is 0 Å². The van der Waals surface area contributed by atoms with Crippen LogP contribution < -0.4 is 15.0 Å². The molecule has 0 spiro atoms. The van der Waals surface area contributed by atoms with E-state index < -0.39 is 6.61 Å². The van der Waals surface area contributed by atoms with E-state index >= 15 is 0 Å². The van der Waals surface area contributed by atoms with E-state index in [-0.39, 0.29) is 5.75 Å². The first-order valence-corrected chi connectivity index (χ1v) is 5.97. The molecule has 0 aromatic carbocycles.